The van der Waals surface area contributed by atoms with Crippen LogP contribution in [-0.4, -0.2) is 32.9 Å². The number of fused-ring (bicyclic) bond motifs is 1. The molecule has 2 aliphatic rings. The van der Waals surface area contributed by atoms with E-state index in [2.05, 4.69) is 21.2 Å². The van der Waals surface area contributed by atoms with Crippen LogP contribution in [0.25, 0.3) is 0 Å². The summed E-state index contributed by atoms with van der Waals surface area (Å²) in [5.74, 6) is 1.67. The fraction of sp³-hybridized carbons (Fsp3) is 0.538. The number of rotatable bonds is 1. The third-order valence-corrected chi connectivity index (χ3v) is 4.35. The molecule has 1 aromatic rings. The summed E-state index contributed by atoms with van der Waals surface area (Å²) in [6, 6.07) is 2.03. The second kappa shape index (κ2) is 5.07. The van der Waals surface area contributed by atoms with Crippen LogP contribution in [0.3, 0.4) is 0 Å². The predicted molar refractivity (Wildman–Crippen MR) is 71.4 cm³/mol. The Morgan fingerprint density at radius 3 is 2.89 bits per heavy atom. The van der Waals surface area contributed by atoms with E-state index in [1.54, 1.807) is 0 Å². The van der Waals surface area contributed by atoms with Crippen molar-refractivity contribution >= 4 is 15.9 Å². The Morgan fingerprint density at radius 1 is 1.28 bits per heavy atom. The smallest absolute Gasteiger partial charge is 0.165 e. The van der Waals surface area contributed by atoms with E-state index in [9.17, 15) is 0 Å². The van der Waals surface area contributed by atoms with Gasteiger partial charge in [-0.1, -0.05) is 0 Å². The maximum absolute atomic E-state index is 5.80. The minimum Gasteiger partial charge on any atom is -0.486 e. The van der Waals surface area contributed by atoms with Crippen molar-refractivity contribution in [3.63, 3.8) is 0 Å². The van der Waals surface area contributed by atoms with Gasteiger partial charge >= 0.3 is 0 Å². The lowest BCUT2D eigenvalue weighted by Crippen LogP contribution is -2.33. The molecule has 1 atom stereocenters. The normalized spacial score (nSPS) is 22.9. The van der Waals surface area contributed by atoms with E-state index >= 15 is 0 Å². The van der Waals surface area contributed by atoms with E-state index in [-0.39, 0.29) is 6.10 Å². The van der Waals surface area contributed by atoms with Crippen molar-refractivity contribution in [2.24, 2.45) is 0 Å². The van der Waals surface area contributed by atoms with E-state index in [4.69, 9.17) is 14.2 Å². The molecule has 0 bridgehead atoms. The van der Waals surface area contributed by atoms with Crippen LogP contribution in [-0.2, 0) is 4.74 Å². The van der Waals surface area contributed by atoms with E-state index < -0.39 is 0 Å². The molecule has 2 aliphatic heterocycles. The Bertz CT molecular complexity index is 458. The molecule has 0 aromatic heterocycles. The van der Waals surface area contributed by atoms with Crippen molar-refractivity contribution < 1.29 is 14.2 Å². The molecule has 1 unspecified atom stereocenters. The summed E-state index contributed by atoms with van der Waals surface area (Å²) < 4.78 is 18.2. The minimum absolute atomic E-state index is 0.0719. The van der Waals surface area contributed by atoms with Crippen molar-refractivity contribution in [2.75, 3.05) is 32.9 Å². The Kier molecular flexibility index (Phi) is 3.46. The molecule has 0 saturated carbocycles. The van der Waals surface area contributed by atoms with Crippen molar-refractivity contribution in [2.45, 2.75) is 13.0 Å². The van der Waals surface area contributed by atoms with E-state index in [0.29, 0.717) is 13.2 Å². The Hall–Kier alpha value is -0.780. The van der Waals surface area contributed by atoms with Crippen LogP contribution in [0.15, 0.2) is 10.5 Å². The summed E-state index contributed by atoms with van der Waals surface area (Å²) in [5.41, 5.74) is 2.21. The number of hydrogen-bond acceptors (Lipinski definition) is 4. The first kappa shape index (κ1) is 12.3. The number of nitrogens with one attached hydrogen (secondary N) is 1. The molecular formula is C13H16BrNO3. The largest absolute Gasteiger partial charge is 0.486 e. The summed E-state index contributed by atoms with van der Waals surface area (Å²) in [6.07, 6.45) is 0.0719. The molecule has 4 nitrogen and oxygen atoms in total. The molecule has 0 spiro atoms. The molecule has 0 aliphatic carbocycles. The third kappa shape index (κ3) is 2.11. The van der Waals surface area contributed by atoms with Gasteiger partial charge in [-0.15, -0.1) is 0 Å². The van der Waals surface area contributed by atoms with E-state index in [0.717, 1.165) is 46.8 Å². The van der Waals surface area contributed by atoms with Crippen LogP contribution >= 0.6 is 15.9 Å². The van der Waals surface area contributed by atoms with Gasteiger partial charge < -0.3 is 19.5 Å². The lowest BCUT2D eigenvalue weighted by atomic mass is 10.0. The highest BCUT2D eigenvalue weighted by Gasteiger charge is 2.25. The Balaban J connectivity index is 2.01. The molecule has 0 amide bonds. The number of ether oxygens (including phenoxy) is 3. The molecule has 1 saturated heterocycles. The lowest BCUT2D eigenvalue weighted by molar-refractivity contribution is 0.0268. The Morgan fingerprint density at radius 2 is 2.11 bits per heavy atom. The molecule has 1 aromatic carbocycles. The minimum atomic E-state index is 0.0719. The summed E-state index contributed by atoms with van der Waals surface area (Å²) in [5, 5.41) is 3.34. The zero-order valence-corrected chi connectivity index (χ0v) is 11.9. The van der Waals surface area contributed by atoms with Gasteiger partial charge in [0.15, 0.2) is 11.5 Å². The van der Waals surface area contributed by atoms with Gasteiger partial charge in [0.05, 0.1) is 12.7 Å². The van der Waals surface area contributed by atoms with Gasteiger partial charge in [-0.3, -0.25) is 0 Å². The van der Waals surface area contributed by atoms with Crippen molar-refractivity contribution in [3.05, 3.63) is 21.7 Å². The maximum Gasteiger partial charge on any atom is 0.165 e. The standard InChI is InChI=1S/C13H16BrNO3/c1-8-12(14)9(11-7-15-2-3-16-11)6-10-13(8)18-5-4-17-10/h6,11,15H,2-5,7H2,1H3. The average Bonchev–Trinajstić information content (AvgIpc) is 2.44. The molecule has 98 valence electrons. The third-order valence-electron chi connectivity index (χ3n) is 3.30. The van der Waals surface area contributed by atoms with Gasteiger partial charge in [-0.25, -0.2) is 0 Å². The second-order valence-electron chi connectivity index (χ2n) is 4.49. The van der Waals surface area contributed by atoms with Gasteiger partial charge in [0.1, 0.15) is 13.2 Å². The first-order valence-electron chi connectivity index (χ1n) is 6.18. The molecule has 3 rings (SSSR count). The molecule has 1 N–H and O–H groups in total. The van der Waals surface area contributed by atoms with Gasteiger partial charge in [0.2, 0.25) is 0 Å². The second-order valence-corrected chi connectivity index (χ2v) is 5.29. The summed E-state index contributed by atoms with van der Waals surface area (Å²) in [6.45, 7) is 5.75. The molecular weight excluding hydrogens is 298 g/mol. The number of hydrogen-bond donors (Lipinski definition) is 1. The van der Waals surface area contributed by atoms with Crippen LogP contribution in [0, 0.1) is 6.92 Å². The zero-order chi connectivity index (χ0) is 12.5. The van der Waals surface area contributed by atoms with Crippen LogP contribution in [0.2, 0.25) is 0 Å². The van der Waals surface area contributed by atoms with Crippen LogP contribution < -0.4 is 14.8 Å². The van der Waals surface area contributed by atoms with Gasteiger partial charge in [0.25, 0.3) is 0 Å². The van der Waals surface area contributed by atoms with Crippen molar-refractivity contribution in [3.8, 4) is 11.5 Å². The molecule has 1 fully saturated rings. The van der Waals surface area contributed by atoms with Crippen molar-refractivity contribution in [1.82, 2.24) is 5.32 Å². The first-order valence-corrected chi connectivity index (χ1v) is 6.97. The summed E-state index contributed by atoms with van der Waals surface area (Å²) in [4.78, 5) is 0. The predicted octanol–water partition coefficient (Wildman–Crippen LogP) is 2.19. The SMILES string of the molecule is Cc1c(Br)c(C2CNCCO2)cc2c1OCCO2. The zero-order valence-electron chi connectivity index (χ0n) is 10.3. The average molecular weight is 314 g/mol. The number of halogens is 1. The number of morpholine rings is 1. The highest BCUT2D eigenvalue weighted by Crippen LogP contribution is 2.42. The Labute approximate surface area is 115 Å². The van der Waals surface area contributed by atoms with E-state index in [1.165, 1.54) is 0 Å². The highest BCUT2D eigenvalue weighted by molar-refractivity contribution is 9.10. The lowest BCUT2D eigenvalue weighted by Gasteiger charge is -2.28. The van der Waals surface area contributed by atoms with E-state index in [1.807, 2.05) is 13.0 Å². The van der Waals surface area contributed by atoms with Crippen LogP contribution in [0.5, 0.6) is 11.5 Å². The highest BCUT2D eigenvalue weighted by atomic mass is 79.9. The number of benzene rings is 1. The summed E-state index contributed by atoms with van der Waals surface area (Å²) in [7, 11) is 0. The van der Waals surface area contributed by atoms with Gasteiger partial charge in [-0.05, 0) is 28.9 Å². The quantitative estimate of drug-likeness (QED) is 0.862. The molecule has 18 heavy (non-hydrogen) atoms. The van der Waals surface area contributed by atoms with Gasteiger partial charge in [0, 0.05) is 28.7 Å². The van der Waals surface area contributed by atoms with Crippen molar-refractivity contribution in [1.29, 1.82) is 0 Å². The van der Waals surface area contributed by atoms with Gasteiger partial charge in [-0.2, -0.15) is 0 Å². The summed E-state index contributed by atoms with van der Waals surface area (Å²) >= 11 is 3.65. The monoisotopic (exact) mass is 313 g/mol. The maximum atomic E-state index is 5.80. The molecule has 2 heterocycles. The van der Waals surface area contributed by atoms with Crippen LogP contribution in [0.4, 0.5) is 0 Å². The fourth-order valence-electron chi connectivity index (χ4n) is 2.35. The van der Waals surface area contributed by atoms with Crippen LogP contribution in [0.1, 0.15) is 17.2 Å². The molecule has 0 radical (unpaired) electrons. The molecule has 5 heteroatoms. The first-order chi connectivity index (χ1) is 8.77. The fourth-order valence-corrected chi connectivity index (χ4v) is 2.90. The topological polar surface area (TPSA) is 39.7 Å².